The number of anilines is 2. The van der Waals surface area contributed by atoms with Crippen molar-refractivity contribution < 1.29 is 9.59 Å². The lowest BCUT2D eigenvalue weighted by molar-refractivity contribution is -0.122. The van der Waals surface area contributed by atoms with Crippen molar-refractivity contribution in [3.63, 3.8) is 0 Å². The molecule has 1 heterocycles. The van der Waals surface area contributed by atoms with Gasteiger partial charge in [0, 0.05) is 29.4 Å². The molecule has 1 saturated heterocycles. The van der Waals surface area contributed by atoms with Gasteiger partial charge in [0.05, 0.1) is 18.4 Å². The minimum Gasteiger partial charge on any atom is -0.326 e. The average molecular weight is 354 g/mol. The molecule has 0 saturated carbocycles. The number of amides is 2. The Labute approximate surface area is 150 Å². The molecule has 1 N–H and O–H groups in total. The standard InChI is InChI=1S/C19H16ClN3O2/c20-15-2-1-3-17(11-15)23-12-14(10-18(23)24)19(25)22-16-6-4-13(5-7-16)8-9-21/h1-7,11,14H,8,10,12H2,(H,22,25)/t14-/m1/s1. The van der Waals surface area contributed by atoms with Gasteiger partial charge < -0.3 is 10.2 Å². The number of benzene rings is 2. The molecule has 1 aliphatic rings. The number of rotatable bonds is 4. The maximum absolute atomic E-state index is 12.4. The molecule has 3 rings (SSSR count). The molecule has 2 aromatic carbocycles. The number of halogens is 1. The van der Waals surface area contributed by atoms with Gasteiger partial charge in [-0.1, -0.05) is 29.8 Å². The summed E-state index contributed by atoms with van der Waals surface area (Å²) in [5.74, 6) is -0.692. The molecule has 0 aromatic heterocycles. The third kappa shape index (κ3) is 3.98. The van der Waals surface area contributed by atoms with E-state index in [9.17, 15) is 9.59 Å². The fraction of sp³-hybridized carbons (Fsp3) is 0.211. The number of nitriles is 1. The van der Waals surface area contributed by atoms with E-state index in [1.165, 1.54) is 0 Å². The monoisotopic (exact) mass is 353 g/mol. The molecule has 2 amide bonds. The van der Waals surface area contributed by atoms with Crippen molar-refractivity contribution in [1.82, 2.24) is 0 Å². The summed E-state index contributed by atoms with van der Waals surface area (Å²) in [6, 6.07) is 16.2. The van der Waals surface area contributed by atoms with E-state index in [4.69, 9.17) is 16.9 Å². The molecule has 5 nitrogen and oxygen atoms in total. The number of hydrogen-bond donors (Lipinski definition) is 1. The molecule has 0 unspecified atom stereocenters. The van der Waals surface area contributed by atoms with E-state index in [0.29, 0.717) is 29.4 Å². The fourth-order valence-electron chi connectivity index (χ4n) is 2.82. The van der Waals surface area contributed by atoms with Gasteiger partial charge in [0.1, 0.15) is 0 Å². The second-order valence-electron chi connectivity index (χ2n) is 5.91. The van der Waals surface area contributed by atoms with Gasteiger partial charge in [0.25, 0.3) is 0 Å². The van der Waals surface area contributed by atoms with Crippen LogP contribution < -0.4 is 10.2 Å². The molecular weight excluding hydrogens is 338 g/mol. The highest BCUT2D eigenvalue weighted by Gasteiger charge is 2.35. The molecule has 0 bridgehead atoms. The first-order valence-electron chi connectivity index (χ1n) is 7.89. The highest BCUT2D eigenvalue weighted by Crippen LogP contribution is 2.27. The quantitative estimate of drug-likeness (QED) is 0.915. The first kappa shape index (κ1) is 17.0. The predicted molar refractivity (Wildman–Crippen MR) is 96.3 cm³/mol. The molecule has 6 heteroatoms. The Hall–Kier alpha value is -2.84. The first-order chi connectivity index (χ1) is 12.1. The molecule has 1 atom stereocenters. The van der Waals surface area contributed by atoms with Crippen molar-refractivity contribution in [1.29, 1.82) is 5.26 Å². The van der Waals surface area contributed by atoms with E-state index in [-0.39, 0.29) is 18.2 Å². The number of carbonyl (C=O) groups excluding carboxylic acids is 2. The summed E-state index contributed by atoms with van der Waals surface area (Å²) in [5, 5.41) is 12.1. The third-order valence-electron chi connectivity index (χ3n) is 4.12. The Bertz CT molecular complexity index is 842. The number of nitrogens with zero attached hydrogens (tertiary/aromatic N) is 2. The summed E-state index contributed by atoms with van der Waals surface area (Å²) >= 11 is 5.98. The van der Waals surface area contributed by atoms with Crippen molar-refractivity contribution in [2.24, 2.45) is 5.92 Å². The zero-order valence-electron chi connectivity index (χ0n) is 13.4. The first-order valence-corrected chi connectivity index (χ1v) is 8.27. The SMILES string of the molecule is N#CCc1ccc(NC(=O)[C@@H]2CC(=O)N(c3cccc(Cl)c3)C2)cc1. The van der Waals surface area contributed by atoms with Crippen LogP contribution in [0.15, 0.2) is 48.5 Å². The minimum absolute atomic E-state index is 0.0909. The van der Waals surface area contributed by atoms with E-state index >= 15 is 0 Å². The van der Waals surface area contributed by atoms with Crippen LogP contribution in [-0.4, -0.2) is 18.4 Å². The van der Waals surface area contributed by atoms with E-state index in [2.05, 4.69) is 11.4 Å². The summed E-state index contributed by atoms with van der Waals surface area (Å²) < 4.78 is 0. The van der Waals surface area contributed by atoms with Gasteiger partial charge in [-0.15, -0.1) is 0 Å². The summed E-state index contributed by atoms with van der Waals surface area (Å²) in [6.07, 6.45) is 0.505. The van der Waals surface area contributed by atoms with Crippen molar-refractivity contribution in [2.45, 2.75) is 12.8 Å². The maximum Gasteiger partial charge on any atom is 0.229 e. The smallest absolute Gasteiger partial charge is 0.229 e. The molecule has 126 valence electrons. The van der Waals surface area contributed by atoms with Crippen LogP contribution in [0.4, 0.5) is 11.4 Å². The summed E-state index contributed by atoms with van der Waals surface area (Å²) in [4.78, 5) is 26.3. The normalized spacial score (nSPS) is 16.6. The zero-order chi connectivity index (χ0) is 17.8. The average Bonchev–Trinajstić information content (AvgIpc) is 2.99. The van der Waals surface area contributed by atoms with E-state index < -0.39 is 5.92 Å². The second kappa shape index (κ2) is 7.37. The lowest BCUT2D eigenvalue weighted by Gasteiger charge is -2.17. The Kier molecular flexibility index (Phi) is 5.01. The van der Waals surface area contributed by atoms with Crippen LogP contribution in [0.5, 0.6) is 0 Å². The van der Waals surface area contributed by atoms with Crippen LogP contribution in [0, 0.1) is 17.2 Å². The highest BCUT2D eigenvalue weighted by molar-refractivity contribution is 6.31. The van der Waals surface area contributed by atoms with Crippen LogP contribution in [-0.2, 0) is 16.0 Å². The second-order valence-corrected chi connectivity index (χ2v) is 6.34. The van der Waals surface area contributed by atoms with Gasteiger partial charge in [-0.3, -0.25) is 9.59 Å². The lowest BCUT2D eigenvalue weighted by atomic mass is 10.1. The van der Waals surface area contributed by atoms with Crippen LogP contribution in [0.25, 0.3) is 0 Å². The van der Waals surface area contributed by atoms with Crippen molar-refractivity contribution in [2.75, 3.05) is 16.8 Å². The van der Waals surface area contributed by atoms with Crippen LogP contribution >= 0.6 is 11.6 Å². The maximum atomic E-state index is 12.4. The number of carbonyl (C=O) groups is 2. The molecule has 1 aliphatic heterocycles. The highest BCUT2D eigenvalue weighted by atomic mass is 35.5. The van der Waals surface area contributed by atoms with Gasteiger partial charge in [-0.2, -0.15) is 5.26 Å². The van der Waals surface area contributed by atoms with Gasteiger partial charge in [-0.25, -0.2) is 0 Å². The van der Waals surface area contributed by atoms with Gasteiger partial charge in [-0.05, 0) is 35.9 Å². The molecule has 0 radical (unpaired) electrons. The summed E-state index contributed by atoms with van der Waals surface area (Å²) in [5.41, 5.74) is 2.25. The minimum atomic E-state index is -0.412. The summed E-state index contributed by atoms with van der Waals surface area (Å²) in [7, 11) is 0. The van der Waals surface area contributed by atoms with Crippen molar-refractivity contribution in [3.8, 4) is 6.07 Å². The van der Waals surface area contributed by atoms with Crippen molar-refractivity contribution in [3.05, 3.63) is 59.1 Å². The van der Waals surface area contributed by atoms with E-state index in [1.807, 2.05) is 0 Å². The predicted octanol–water partition coefficient (Wildman–Crippen LogP) is 3.40. The molecule has 2 aromatic rings. The zero-order valence-corrected chi connectivity index (χ0v) is 14.2. The largest absolute Gasteiger partial charge is 0.326 e. The van der Waals surface area contributed by atoms with Gasteiger partial charge in [0.2, 0.25) is 11.8 Å². The fourth-order valence-corrected chi connectivity index (χ4v) is 3.00. The third-order valence-corrected chi connectivity index (χ3v) is 4.36. The van der Waals surface area contributed by atoms with Gasteiger partial charge in [0.15, 0.2) is 0 Å². The Morgan fingerprint density at radius 2 is 2.04 bits per heavy atom. The Morgan fingerprint density at radius 3 is 2.72 bits per heavy atom. The van der Waals surface area contributed by atoms with E-state index in [1.54, 1.807) is 53.4 Å². The van der Waals surface area contributed by atoms with Crippen LogP contribution in [0.1, 0.15) is 12.0 Å². The van der Waals surface area contributed by atoms with Crippen LogP contribution in [0.2, 0.25) is 5.02 Å². The lowest BCUT2D eigenvalue weighted by Crippen LogP contribution is -2.28. The molecule has 25 heavy (non-hydrogen) atoms. The van der Waals surface area contributed by atoms with Crippen LogP contribution in [0.3, 0.4) is 0 Å². The number of nitrogens with one attached hydrogen (secondary N) is 1. The molecular formula is C19H16ClN3O2. The molecule has 0 spiro atoms. The number of hydrogen-bond acceptors (Lipinski definition) is 3. The van der Waals surface area contributed by atoms with Gasteiger partial charge >= 0.3 is 0 Å². The topological polar surface area (TPSA) is 73.2 Å². The molecule has 0 aliphatic carbocycles. The Balaban J connectivity index is 1.65. The van der Waals surface area contributed by atoms with Crippen molar-refractivity contribution >= 4 is 34.8 Å². The molecule has 1 fully saturated rings. The summed E-state index contributed by atoms with van der Waals surface area (Å²) in [6.45, 7) is 0.331. The van der Waals surface area contributed by atoms with E-state index in [0.717, 1.165) is 5.56 Å². The Morgan fingerprint density at radius 1 is 1.28 bits per heavy atom.